The Balaban J connectivity index is 0.000000152. The first-order valence-corrected chi connectivity index (χ1v) is 15.1. The van der Waals surface area contributed by atoms with E-state index in [2.05, 4.69) is 58.0 Å². The number of aromatic nitrogens is 10. The van der Waals surface area contributed by atoms with E-state index in [0.717, 1.165) is 62.2 Å². The molecule has 8 aromatic rings. The van der Waals surface area contributed by atoms with Gasteiger partial charge in [0.15, 0.2) is 11.3 Å². The number of anilines is 5. The molecule has 48 heavy (non-hydrogen) atoms. The minimum Gasteiger partial charge on any atom is -0.508 e. The van der Waals surface area contributed by atoms with Crippen LogP contribution in [0.2, 0.25) is 0 Å². The van der Waals surface area contributed by atoms with Crippen molar-refractivity contribution < 1.29 is 5.11 Å². The van der Waals surface area contributed by atoms with Gasteiger partial charge in [-0.15, -0.1) is 0 Å². The Labute approximate surface area is 275 Å². The van der Waals surface area contributed by atoms with E-state index < -0.39 is 0 Å². The quantitative estimate of drug-likeness (QED) is 0.191. The lowest BCUT2D eigenvalue weighted by atomic mass is 10.2. The summed E-state index contributed by atoms with van der Waals surface area (Å²) in [5, 5.41) is 33.4. The van der Waals surface area contributed by atoms with Crippen molar-refractivity contribution in [1.82, 2.24) is 48.8 Å². The first-order valence-electron chi connectivity index (χ1n) is 15.1. The molecule has 14 heteroatoms. The highest BCUT2D eigenvalue weighted by Crippen LogP contribution is 2.28. The van der Waals surface area contributed by atoms with Gasteiger partial charge in [-0.05, 0) is 54.6 Å². The number of hydrogen-bond donors (Lipinski definition) is 3. The maximum atomic E-state index is 9.36. The van der Waals surface area contributed by atoms with Gasteiger partial charge in [-0.3, -0.25) is 9.36 Å². The number of phenols is 1. The first kappa shape index (κ1) is 30.0. The molecule has 240 valence electrons. The van der Waals surface area contributed by atoms with Crippen molar-refractivity contribution in [3.63, 3.8) is 0 Å². The second-order valence-electron chi connectivity index (χ2n) is 11.3. The van der Waals surface area contributed by atoms with E-state index in [0.29, 0.717) is 0 Å². The second-order valence-corrected chi connectivity index (χ2v) is 11.3. The van der Waals surface area contributed by atoms with Crippen molar-refractivity contribution in [3.05, 3.63) is 110 Å². The number of aromatic hydroxyl groups is 1. The standard InChI is InChI=1S/C18H19N7.C16H14N6O/c1-23(2)15-6-4-5-14(9-15)22-17-7-8-19-18-16(11-21-25(17)18)13-10-20-24(3)12-13;1-21-10-11(8-18-21)14-9-19-22-15(6-7-17-16(14)22)20-12-2-4-13(23)5-3-12/h4-12,22H,1-3H3;2-10,20,23H,1H3. The Morgan fingerprint density at radius 1 is 0.625 bits per heavy atom. The molecule has 0 spiro atoms. The highest BCUT2D eigenvalue weighted by molar-refractivity contribution is 5.79. The van der Waals surface area contributed by atoms with Crippen molar-refractivity contribution >= 4 is 40.0 Å². The van der Waals surface area contributed by atoms with Gasteiger partial charge in [0.1, 0.15) is 17.4 Å². The number of phenolic OH excluding ortho intramolecular Hbond substituents is 1. The normalized spacial score (nSPS) is 11.0. The maximum Gasteiger partial charge on any atom is 0.165 e. The van der Waals surface area contributed by atoms with Crippen molar-refractivity contribution in [1.29, 1.82) is 0 Å². The van der Waals surface area contributed by atoms with Gasteiger partial charge in [0.2, 0.25) is 0 Å². The molecule has 0 atom stereocenters. The van der Waals surface area contributed by atoms with Crippen LogP contribution in [0.15, 0.2) is 110 Å². The molecular formula is C34H33N13O. The first-order chi connectivity index (χ1) is 23.3. The van der Waals surface area contributed by atoms with Gasteiger partial charge >= 0.3 is 0 Å². The molecule has 0 fully saturated rings. The molecule has 6 heterocycles. The largest absolute Gasteiger partial charge is 0.508 e. The molecule has 0 aliphatic heterocycles. The molecule has 3 N–H and O–H groups in total. The van der Waals surface area contributed by atoms with Crippen LogP contribution in [0.25, 0.3) is 33.5 Å². The summed E-state index contributed by atoms with van der Waals surface area (Å²) >= 11 is 0. The van der Waals surface area contributed by atoms with Crippen LogP contribution >= 0.6 is 0 Å². The smallest absolute Gasteiger partial charge is 0.165 e. The van der Waals surface area contributed by atoms with Crippen molar-refractivity contribution in [2.75, 3.05) is 29.6 Å². The van der Waals surface area contributed by atoms with Crippen molar-refractivity contribution in [2.45, 2.75) is 0 Å². The van der Waals surface area contributed by atoms with E-state index in [4.69, 9.17) is 0 Å². The fourth-order valence-electron chi connectivity index (χ4n) is 5.20. The van der Waals surface area contributed by atoms with Crippen molar-refractivity contribution in [3.8, 4) is 28.0 Å². The number of nitrogens with one attached hydrogen (secondary N) is 2. The number of aryl methyl sites for hydroxylation is 2. The topological polar surface area (TPSA) is 144 Å². The van der Waals surface area contributed by atoms with Gasteiger partial charge in [-0.25, -0.2) is 9.97 Å². The molecule has 6 aromatic heterocycles. The Bertz CT molecular complexity index is 2330. The Morgan fingerprint density at radius 2 is 1.17 bits per heavy atom. The Kier molecular flexibility index (Phi) is 7.87. The lowest BCUT2D eigenvalue weighted by molar-refractivity contribution is 0.475. The number of nitrogens with zero attached hydrogens (tertiary/aromatic N) is 11. The van der Waals surface area contributed by atoms with Gasteiger partial charge in [0, 0.05) is 92.3 Å². The minimum atomic E-state index is 0.230. The molecule has 0 aliphatic carbocycles. The lowest BCUT2D eigenvalue weighted by Crippen LogP contribution is -2.08. The molecule has 14 nitrogen and oxygen atoms in total. The molecule has 2 aromatic carbocycles. The average Bonchev–Trinajstić information content (AvgIpc) is 3.90. The Hall–Kier alpha value is -6.70. The number of fused-ring (bicyclic) bond motifs is 2. The summed E-state index contributed by atoms with van der Waals surface area (Å²) in [6, 6.07) is 18.8. The van der Waals surface area contributed by atoms with Crippen LogP contribution in [-0.4, -0.2) is 68.0 Å². The Morgan fingerprint density at radius 3 is 1.67 bits per heavy atom. The summed E-state index contributed by atoms with van der Waals surface area (Å²) in [4.78, 5) is 11.0. The molecule has 0 aliphatic rings. The van der Waals surface area contributed by atoms with Gasteiger partial charge in [0.05, 0.1) is 24.8 Å². The van der Waals surface area contributed by atoms with E-state index >= 15 is 0 Å². The number of benzene rings is 2. The van der Waals surface area contributed by atoms with Crippen LogP contribution in [0.5, 0.6) is 5.75 Å². The zero-order chi connectivity index (χ0) is 33.2. The van der Waals surface area contributed by atoms with Gasteiger partial charge in [0.25, 0.3) is 0 Å². The molecule has 0 amide bonds. The average molecular weight is 640 g/mol. The lowest BCUT2D eigenvalue weighted by Gasteiger charge is -2.14. The van der Waals surface area contributed by atoms with Crippen LogP contribution < -0.4 is 15.5 Å². The summed E-state index contributed by atoms with van der Waals surface area (Å²) in [7, 11) is 7.82. The fourth-order valence-corrected chi connectivity index (χ4v) is 5.20. The van der Waals surface area contributed by atoms with Gasteiger partial charge in [-0.1, -0.05) is 6.07 Å². The summed E-state index contributed by atoms with van der Waals surface area (Å²) in [6.07, 6.45) is 14.6. The molecule has 0 unspecified atom stereocenters. The molecule has 0 radical (unpaired) electrons. The van der Waals surface area contributed by atoms with E-state index in [1.807, 2.05) is 81.8 Å². The summed E-state index contributed by atoms with van der Waals surface area (Å²) in [5.74, 6) is 1.88. The van der Waals surface area contributed by atoms with E-state index in [-0.39, 0.29) is 5.75 Å². The number of hydrogen-bond acceptors (Lipinski definition) is 10. The van der Waals surface area contributed by atoms with E-state index in [1.54, 1.807) is 62.9 Å². The zero-order valence-electron chi connectivity index (χ0n) is 26.8. The summed E-state index contributed by atoms with van der Waals surface area (Å²) in [5.41, 5.74) is 8.38. The molecule has 0 bridgehead atoms. The SMILES string of the molecule is CN(C)c1cccc(Nc2ccnc3c(-c4cnn(C)c4)cnn23)c1.Cn1cc(-c2cnn3c(Nc4ccc(O)cc4)ccnc23)cn1. The van der Waals surface area contributed by atoms with Gasteiger partial charge in [-0.2, -0.15) is 29.4 Å². The van der Waals surface area contributed by atoms with Crippen LogP contribution in [0.3, 0.4) is 0 Å². The minimum absolute atomic E-state index is 0.230. The van der Waals surface area contributed by atoms with Crippen LogP contribution in [-0.2, 0) is 14.1 Å². The predicted octanol–water partition coefficient (Wildman–Crippen LogP) is 5.52. The van der Waals surface area contributed by atoms with E-state index in [9.17, 15) is 5.11 Å². The second kappa shape index (κ2) is 12.6. The summed E-state index contributed by atoms with van der Waals surface area (Å²) in [6.45, 7) is 0. The monoisotopic (exact) mass is 639 g/mol. The van der Waals surface area contributed by atoms with Crippen LogP contribution in [0.4, 0.5) is 28.7 Å². The maximum absolute atomic E-state index is 9.36. The van der Waals surface area contributed by atoms with Gasteiger partial charge < -0.3 is 20.6 Å². The third-order valence-corrected chi connectivity index (χ3v) is 7.61. The molecule has 0 saturated carbocycles. The molecular weight excluding hydrogens is 606 g/mol. The predicted molar refractivity (Wildman–Crippen MR) is 186 cm³/mol. The third-order valence-electron chi connectivity index (χ3n) is 7.61. The van der Waals surface area contributed by atoms with Crippen molar-refractivity contribution in [2.24, 2.45) is 14.1 Å². The third kappa shape index (κ3) is 6.09. The van der Waals surface area contributed by atoms with E-state index in [1.165, 1.54) is 0 Å². The highest BCUT2D eigenvalue weighted by Gasteiger charge is 2.13. The number of rotatable bonds is 7. The summed E-state index contributed by atoms with van der Waals surface area (Å²) < 4.78 is 7.07. The van der Waals surface area contributed by atoms with Crippen LogP contribution in [0.1, 0.15) is 0 Å². The molecule has 8 rings (SSSR count). The fraction of sp³-hybridized carbons (Fsp3) is 0.118. The zero-order valence-corrected chi connectivity index (χ0v) is 26.8. The molecule has 0 saturated heterocycles. The van der Waals surface area contributed by atoms with Crippen LogP contribution in [0, 0.1) is 0 Å². The highest BCUT2D eigenvalue weighted by atomic mass is 16.3.